The van der Waals surface area contributed by atoms with Crippen LogP contribution in [0.25, 0.3) is 0 Å². The van der Waals surface area contributed by atoms with E-state index >= 15 is 0 Å². The van der Waals surface area contributed by atoms with Gasteiger partial charge in [0.1, 0.15) is 11.8 Å². The van der Waals surface area contributed by atoms with Crippen LogP contribution < -0.4 is 10.2 Å². The normalized spacial score (nSPS) is 23.6. The monoisotopic (exact) mass is 763 g/mol. The number of amides is 2. The Balaban J connectivity index is 0.749. The fraction of sp³-hybridized carbons (Fsp3) is 0.429. The second kappa shape index (κ2) is 16.5. The number of rotatable bonds is 9. The Morgan fingerprint density at radius 1 is 0.737 bits per heavy atom. The molecule has 9 rings (SSSR count). The van der Waals surface area contributed by atoms with Crippen molar-refractivity contribution in [2.24, 2.45) is 5.92 Å². The molecule has 1 aliphatic carbocycles. The number of piperidine rings is 2. The maximum absolute atomic E-state index is 13.2. The highest BCUT2D eigenvalue weighted by atomic mass is 16.3. The molecule has 2 N–H and O–H groups in total. The van der Waals surface area contributed by atoms with Gasteiger partial charge < -0.3 is 30.0 Å². The molecule has 4 aromatic carbocycles. The largest absolute Gasteiger partial charge is 0.508 e. The summed E-state index contributed by atoms with van der Waals surface area (Å²) in [5.74, 6) is 1.65. The standard InChI is InChI=1S/C49H57N5O3/c1-34-8-19-46(48(56)50-34)54-33-40-30-35(9-16-45(40)49(54)57)20-25-51-23-5-24-52(29-28-51)32-36-21-26-53(27-22-36)41-13-10-38(11-14-41)47-43(37-6-3-2-4-7-37)17-12-39-31-42(55)15-18-44(39)47/h2-4,6-7,9-11,13-16,18,30-31,36,43,46-47,55H,1,5,8,12,17,19-29,32-33H2,(H,50,56)/t43-,46+,47+/m1/s1. The third kappa shape index (κ3) is 8.12. The number of nitrogens with zero attached hydrogens (tertiary/aromatic N) is 4. The van der Waals surface area contributed by atoms with Crippen LogP contribution in [0.1, 0.15) is 94.1 Å². The van der Waals surface area contributed by atoms with Crippen LogP contribution in [-0.4, -0.2) is 90.0 Å². The first-order chi connectivity index (χ1) is 27.9. The van der Waals surface area contributed by atoms with E-state index in [0.29, 0.717) is 31.1 Å². The van der Waals surface area contributed by atoms with E-state index in [-0.39, 0.29) is 17.7 Å². The number of aromatic hydroxyl groups is 1. The lowest BCUT2D eigenvalue weighted by Crippen LogP contribution is -2.49. The number of benzene rings is 4. The first kappa shape index (κ1) is 37.6. The fourth-order valence-electron chi connectivity index (χ4n) is 10.5. The fourth-order valence-corrected chi connectivity index (χ4v) is 10.5. The number of carbonyl (C=O) groups is 2. The molecule has 2 amide bonds. The van der Waals surface area contributed by atoms with E-state index in [4.69, 9.17) is 0 Å². The molecule has 3 saturated heterocycles. The Morgan fingerprint density at radius 3 is 2.33 bits per heavy atom. The highest BCUT2D eigenvalue weighted by Gasteiger charge is 2.38. The van der Waals surface area contributed by atoms with Crippen molar-refractivity contribution in [3.8, 4) is 5.75 Å². The van der Waals surface area contributed by atoms with Gasteiger partial charge in [0.25, 0.3) is 5.91 Å². The molecule has 0 spiro atoms. The van der Waals surface area contributed by atoms with Crippen LogP contribution >= 0.6 is 0 Å². The van der Waals surface area contributed by atoms with Gasteiger partial charge in [0, 0.05) is 68.7 Å². The molecule has 0 unspecified atom stereocenters. The number of allylic oxidation sites excluding steroid dienone is 1. The molecule has 296 valence electrons. The number of carbonyl (C=O) groups excluding carboxylic acids is 2. The Labute approximate surface area is 338 Å². The summed E-state index contributed by atoms with van der Waals surface area (Å²) in [5.41, 5.74) is 10.5. The van der Waals surface area contributed by atoms with Gasteiger partial charge in [-0.3, -0.25) is 9.59 Å². The maximum atomic E-state index is 13.2. The Morgan fingerprint density at radius 2 is 1.53 bits per heavy atom. The lowest BCUT2D eigenvalue weighted by Gasteiger charge is -2.37. The summed E-state index contributed by atoms with van der Waals surface area (Å²) < 4.78 is 0. The molecule has 0 aromatic heterocycles. The summed E-state index contributed by atoms with van der Waals surface area (Å²) in [6, 6.07) is 32.2. The molecule has 0 radical (unpaired) electrons. The molecule has 0 saturated carbocycles. The highest BCUT2D eigenvalue weighted by Crippen LogP contribution is 2.47. The number of hydrogen-bond donors (Lipinski definition) is 2. The van der Waals surface area contributed by atoms with Gasteiger partial charge in [0.05, 0.1) is 0 Å². The van der Waals surface area contributed by atoms with E-state index in [0.717, 1.165) is 81.3 Å². The molecule has 4 aromatic rings. The van der Waals surface area contributed by atoms with Crippen molar-refractivity contribution in [3.05, 3.63) is 142 Å². The average molecular weight is 764 g/mol. The molecule has 0 bridgehead atoms. The van der Waals surface area contributed by atoms with Gasteiger partial charge in [0.2, 0.25) is 5.91 Å². The van der Waals surface area contributed by atoms with Crippen molar-refractivity contribution < 1.29 is 14.7 Å². The van der Waals surface area contributed by atoms with E-state index in [1.807, 2.05) is 18.2 Å². The summed E-state index contributed by atoms with van der Waals surface area (Å²) in [5, 5.41) is 13.1. The van der Waals surface area contributed by atoms with Crippen LogP contribution in [0.4, 0.5) is 5.69 Å². The molecule has 8 nitrogen and oxygen atoms in total. The molecular formula is C49H57N5O3. The van der Waals surface area contributed by atoms with Crippen molar-refractivity contribution >= 4 is 17.5 Å². The van der Waals surface area contributed by atoms with E-state index in [1.54, 1.807) is 4.90 Å². The minimum absolute atomic E-state index is 0.0288. The number of aryl methyl sites for hydroxylation is 1. The molecular weight excluding hydrogens is 707 g/mol. The molecule has 3 fully saturated rings. The molecule has 4 aliphatic heterocycles. The molecule has 8 heteroatoms. The van der Waals surface area contributed by atoms with E-state index < -0.39 is 6.04 Å². The van der Waals surface area contributed by atoms with Gasteiger partial charge >= 0.3 is 0 Å². The topological polar surface area (TPSA) is 79.4 Å². The minimum Gasteiger partial charge on any atom is -0.508 e. The smallest absolute Gasteiger partial charge is 0.255 e. The molecule has 3 atom stereocenters. The zero-order valence-electron chi connectivity index (χ0n) is 33.3. The first-order valence-corrected chi connectivity index (χ1v) is 21.4. The molecule has 4 heterocycles. The second-order valence-electron chi connectivity index (χ2n) is 17.3. The predicted molar refractivity (Wildman–Crippen MR) is 227 cm³/mol. The van der Waals surface area contributed by atoms with Crippen molar-refractivity contribution in [1.29, 1.82) is 0 Å². The number of anilines is 1. The molecule has 5 aliphatic rings. The van der Waals surface area contributed by atoms with Crippen LogP contribution in [0.3, 0.4) is 0 Å². The first-order valence-electron chi connectivity index (χ1n) is 21.4. The third-order valence-electron chi connectivity index (χ3n) is 13.7. The van der Waals surface area contributed by atoms with Gasteiger partial charge in [-0.15, -0.1) is 0 Å². The number of hydrogen-bond acceptors (Lipinski definition) is 6. The van der Waals surface area contributed by atoms with Crippen LogP contribution in [0.5, 0.6) is 5.75 Å². The number of phenols is 1. The van der Waals surface area contributed by atoms with Gasteiger partial charge in [-0.1, -0.05) is 67.2 Å². The van der Waals surface area contributed by atoms with Gasteiger partial charge in [-0.05, 0) is 140 Å². The highest BCUT2D eigenvalue weighted by molar-refractivity contribution is 6.01. The van der Waals surface area contributed by atoms with Gasteiger partial charge in [-0.25, -0.2) is 0 Å². The predicted octanol–water partition coefficient (Wildman–Crippen LogP) is 7.47. The lowest BCUT2D eigenvalue weighted by atomic mass is 9.69. The number of fused-ring (bicyclic) bond motifs is 2. The maximum Gasteiger partial charge on any atom is 0.255 e. The van der Waals surface area contributed by atoms with Crippen molar-refractivity contribution in [3.63, 3.8) is 0 Å². The van der Waals surface area contributed by atoms with Crippen molar-refractivity contribution in [1.82, 2.24) is 20.0 Å². The van der Waals surface area contributed by atoms with Crippen LogP contribution in [-0.2, 0) is 24.2 Å². The quantitative estimate of drug-likeness (QED) is 0.184. The van der Waals surface area contributed by atoms with Crippen LogP contribution in [0.2, 0.25) is 0 Å². The number of nitrogens with one attached hydrogen (secondary N) is 1. The van der Waals surface area contributed by atoms with Crippen molar-refractivity contribution in [2.45, 2.75) is 75.8 Å². The average Bonchev–Trinajstić information content (AvgIpc) is 3.38. The SMILES string of the molecule is C=C1CC[C@H](N2Cc3cc(CCN4CCCN(CC5CCN(c6ccc([C@@H]7c8ccc(O)cc8CC[C@@H]7c7ccccc7)cc6)CC5)CC4)ccc3C2=O)C(=O)N1. The third-order valence-corrected chi connectivity index (χ3v) is 13.7. The zero-order chi connectivity index (χ0) is 38.9. The van der Waals surface area contributed by atoms with E-state index in [9.17, 15) is 14.7 Å². The summed E-state index contributed by atoms with van der Waals surface area (Å²) in [6.07, 6.45) is 8.06. The van der Waals surface area contributed by atoms with Gasteiger partial charge in [-0.2, -0.15) is 0 Å². The zero-order valence-corrected chi connectivity index (χ0v) is 33.3. The van der Waals surface area contributed by atoms with Crippen LogP contribution in [0.15, 0.2) is 103 Å². The van der Waals surface area contributed by atoms with E-state index in [2.05, 4.69) is 99.4 Å². The summed E-state index contributed by atoms with van der Waals surface area (Å²) in [6.45, 7) is 13.4. The summed E-state index contributed by atoms with van der Waals surface area (Å²) in [7, 11) is 0. The van der Waals surface area contributed by atoms with Crippen LogP contribution in [0, 0.1) is 5.92 Å². The Kier molecular flexibility index (Phi) is 10.9. The van der Waals surface area contributed by atoms with Crippen molar-refractivity contribution in [2.75, 3.05) is 57.3 Å². The minimum atomic E-state index is -0.415. The van der Waals surface area contributed by atoms with Gasteiger partial charge in [0.15, 0.2) is 0 Å². The number of phenolic OH excluding ortho intramolecular Hbond substituents is 1. The Bertz CT molecular complexity index is 2090. The Hall–Kier alpha value is -4.92. The summed E-state index contributed by atoms with van der Waals surface area (Å²) >= 11 is 0. The van der Waals surface area contributed by atoms with E-state index in [1.165, 1.54) is 65.9 Å². The summed E-state index contributed by atoms with van der Waals surface area (Å²) in [4.78, 5) is 35.5. The lowest BCUT2D eigenvalue weighted by molar-refractivity contribution is -0.126. The molecule has 57 heavy (non-hydrogen) atoms. The second-order valence-corrected chi connectivity index (χ2v) is 17.3.